The molecule has 20 heavy (non-hydrogen) atoms. The third kappa shape index (κ3) is 2.17. The molecule has 1 aromatic heterocycles. The van der Waals surface area contributed by atoms with E-state index in [1.165, 1.54) is 12.8 Å². The van der Waals surface area contributed by atoms with Crippen molar-refractivity contribution in [3.8, 4) is 0 Å². The summed E-state index contributed by atoms with van der Waals surface area (Å²) in [5.41, 5.74) is 1.64. The summed E-state index contributed by atoms with van der Waals surface area (Å²) >= 11 is 9.54. The highest BCUT2D eigenvalue weighted by Crippen LogP contribution is 2.41. The third-order valence-electron chi connectivity index (χ3n) is 4.30. The van der Waals surface area contributed by atoms with Crippen molar-refractivity contribution in [2.24, 2.45) is 0 Å². The molecule has 0 bridgehead atoms. The molecular weight excluding hydrogens is 343 g/mol. The molecule has 3 rings (SSSR count). The van der Waals surface area contributed by atoms with Gasteiger partial charge in [-0.3, -0.25) is 0 Å². The van der Waals surface area contributed by atoms with Gasteiger partial charge in [-0.15, -0.1) is 11.6 Å². The second-order valence-corrected chi connectivity index (χ2v) is 7.39. The van der Waals surface area contributed by atoms with Gasteiger partial charge in [0.05, 0.1) is 20.9 Å². The van der Waals surface area contributed by atoms with Gasteiger partial charge in [0.25, 0.3) is 0 Å². The number of benzene rings is 1. The van der Waals surface area contributed by atoms with Crippen LogP contribution in [0.5, 0.6) is 0 Å². The molecule has 1 saturated carbocycles. The van der Waals surface area contributed by atoms with Crippen LogP contribution in [0.15, 0.2) is 16.6 Å². The van der Waals surface area contributed by atoms with Crippen molar-refractivity contribution in [2.45, 2.75) is 50.4 Å². The van der Waals surface area contributed by atoms with Gasteiger partial charge < -0.3 is 4.57 Å². The Balaban J connectivity index is 2.31. The van der Waals surface area contributed by atoms with Gasteiger partial charge in [-0.1, -0.05) is 12.8 Å². The number of nitrogens with zero attached hydrogens (tertiary/aromatic N) is 2. The topological polar surface area (TPSA) is 17.8 Å². The van der Waals surface area contributed by atoms with E-state index in [9.17, 15) is 4.39 Å². The zero-order valence-corrected chi connectivity index (χ0v) is 13.9. The van der Waals surface area contributed by atoms with E-state index in [-0.39, 0.29) is 16.7 Å². The molecule has 5 heteroatoms. The fourth-order valence-electron chi connectivity index (χ4n) is 3.29. The summed E-state index contributed by atoms with van der Waals surface area (Å²) in [6, 6.07) is 3.31. The minimum absolute atomic E-state index is 0.00645. The van der Waals surface area contributed by atoms with Crippen molar-refractivity contribution in [2.75, 3.05) is 0 Å². The Labute approximate surface area is 131 Å². The highest BCUT2D eigenvalue weighted by Gasteiger charge is 2.35. The lowest BCUT2D eigenvalue weighted by atomic mass is 9.99. The number of fused-ring (bicyclic) bond motifs is 1. The monoisotopic (exact) mass is 358 g/mol. The van der Waals surface area contributed by atoms with Gasteiger partial charge in [-0.2, -0.15) is 0 Å². The summed E-state index contributed by atoms with van der Waals surface area (Å²) in [7, 11) is 0. The number of halogens is 3. The molecule has 0 saturated heterocycles. The maximum atomic E-state index is 13.9. The second-order valence-electron chi connectivity index (χ2n) is 5.88. The molecule has 1 aromatic carbocycles. The van der Waals surface area contributed by atoms with E-state index < -0.39 is 0 Å². The van der Waals surface area contributed by atoms with E-state index >= 15 is 0 Å². The molecular formula is C15H17BrClFN2. The normalized spacial score (nSPS) is 19.6. The van der Waals surface area contributed by atoms with Gasteiger partial charge in [-0.25, -0.2) is 9.37 Å². The molecule has 0 amide bonds. The van der Waals surface area contributed by atoms with Crippen LogP contribution in [0.3, 0.4) is 0 Å². The van der Waals surface area contributed by atoms with Gasteiger partial charge in [0.1, 0.15) is 11.6 Å². The van der Waals surface area contributed by atoms with Crippen molar-refractivity contribution < 1.29 is 4.39 Å². The van der Waals surface area contributed by atoms with Gasteiger partial charge in [0.15, 0.2) is 0 Å². The van der Waals surface area contributed by atoms with Crippen LogP contribution in [0.1, 0.15) is 50.7 Å². The van der Waals surface area contributed by atoms with E-state index in [0.29, 0.717) is 4.47 Å². The van der Waals surface area contributed by atoms with Gasteiger partial charge in [0, 0.05) is 11.6 Å². The first kappa shape index (κ1) is 14.3. The summed E-state index contributed by atoms with van der Waals surface area (Å²) in [6.45, 7) is 4.15. The van der Waals surface area contributed by atoms with Gasteiger partial charge in [-0.05, 0) is 48.7 Å². The molecule has 2 aromatic rings. The molecule has 108 valence electrons. The van der Waals surface area contributed by atoms with Crippen molar-refractivity contribution in [1.82, 2.24) is 9.55 Å². The number of rotatable bonds is 2. The lowest BCUT2D eigenvalue weighted by Crippen LogP contribution is -2.28. The lowest BCUT2D eigenvalue weighted by molar-refractivity contribution is 0.328. The van der Waals surface area contributed by atoms with Crippen molar-refractivity contribution in [3.63, 3.8) is 0 Å². The minimum atomic E-state index is -0.256. The first-order valence-corrected chi connectivity index (χ1v) is 8.17. The van der Waals surface area contributed by atoms with Crippen LogP contribution in [0.2, 0.25) is 0 Å². The molecule has 1 aliphatic rings. The van der Waals surface area contributed by atoms with Crippen molar-refractivity contribution in [3.05, 3.63) is 28.2 Å². The van der Waals surface area contributed by atoms with Crippen molar-refractivity contribution >= 4 is 38.6 Å². The highest BCUT2D eigenvalue weighted by atomic mass is 79.9. The Kier molecular flexibility index (Phi) is 3.57. The number of imidazole rings is 1. The molecule has 1 fully saturated rings. The summed E-state index contributed by atoms with van der Waals surface area (Å²) in [4.78, 5) is 4.64. The zero-order valence-electron chi connectivity index (χ0n) is 11.6. The SMILES string of the molecule is CC(Cl)c1nc2cc(Br)c(F)cc2n1C1(C)CCCC1. The van der Waals surface area contributed by atoms with Gasteiger partial charge >= 0.3 is 0 Å². The minimum Gasteiger partial charge on any atom is -0.321 e. The van der Waals surface area contributed by atoms with Crippen LogP contribution in [0, 0.1) is 5.82 Å². The molecule has 1 aliphatic carbocycles. The maximum absolute atomic E-state index is 13.9. The van der Waals surface area contributed by atoms with Crippen LogP contribution in [0.25, 0.3) is 11.0 Å². The van der Waals surface area contributed by atoms with Crippen molar-refractivity contribution in [1.29, 1.82) is 0 Å². The average molecular weight is 360 g/mol. The average Bonchev–Trinajstić information content (AvgIpc) is 2.95. The number of hydrogen-bond acceptors (Lipinski definition) is 1. The van der Waals surface area contributed by atoms with E-state index in [2.05, 4.69) is 32.4 Å². The summed E-state index contributed by atoms with van der Waals surface area (Å²) < 4.78 is 16.5. The lowest BCUT2D eigenvalue weighted by Gasteiger charge is -2.29. The second kappa shape index (κ2) is 4.99. The van der Waals surface area contributed by atoms with Crippen LogP contribution in [-0.4, -0.2) is 9.55 Å². The quantitative estimate of drug-likeness (QED) is 0.645. The molecule has 1 unspecified atom stereocenters. The molecule has 1 heterocycles. The number of alkyl halides is 1. The molecule has 0 spiro atoms. The molecule has 2 nitrogen and oxygen atoms in total. The smallest absolute Gasteiger partial charge is 0.139 e. The van der Waals surface area contributed by atoms with E-state index in [4.69, 9.17) is 11.6 Å². The molecule has 0 N–H and O–H groups in total. The Morgan fingerprint density at radius 1 is 1.40 bits per heavy atom. The van der Waals surface area contributed by atoms with E-state index in [1.807, 2.05) is 6.92 Å². The Morgan fingerprint density at radius 3 is 2.65 bits per heavy atom. The predicted octanol–water partition coefficient (Wildman–Crippen LogP) is 5.53. The zero-order chi connectivity index (χ0) is 14.5. The Morgan fingerprint density at radius 2 is 2.05 bits per heavy atom. The summed E-state index contributed by atoms with van der Waals surface area (Å²) in [5, 5.41) is -0.193. The Hall–Kier alpha value is -0.610. The van der Waals surface area contributed by atoms with Crippen LogP contribution in [0.4, 0.5) is 4.39 Å². The first-order chi connectivity index (χ1) is 9.42. The van der Waals surface area contributed by atoms with Crippen LogP contribution >= 0.6 is 27.5 Å². The predicted molar refractivity (Wildman–Crippen MR) is 83.8 cm³/mol. The van der Waals surface area contributed by atoms with E-state index in [0.717, 1.165) is 29.7 Å². The standard InChI is InChI=1S/C15H17BrClFN2/c1-9(17)14-19-12-7-10(16)11(18)8-13(12)20(14)15(2)5-3-4-6-15/h7-9H,3-6H2,1-2H3. The molecule has 0 radical (unpaired) electrons. The highest BCUT2D eigenvalue weighted by molar-refractivity contribution is 9.10. The van der Waals surface area contributed by atoms with Crippen LogP contribution < -0.4 is 0 Å². The molecule has 0 aliphatic heterocycles. The summed E-state index contributed by atoms with van der Waals surface area (Å²) in [5.74, 6) is 0.581. The number of hydrogen-bond donors (Lipinski definition) is 0. The first-order valence-electron chi connectivity index (χ1n) is 6.94. The van der Waals surface area contributed by atoms with E-state index in [1.54, 1.807) is 12.1 Å². The molecule has 1 atom stereocenters. The Bertz CT molecular complexity index is 659. The van der Waals surface area contributed by atoms with Gasteiger partial charge in [0.2, 0.25) is 0 Å². The number of aromatic nitrogens is 2. The van der Waals surface area contributed by atoms with Crippen LogP contribution in [-0.2, 0) is 5.54 Å². The third-order valence-corrected chi connectivity index (χ3v) is 5.10. The summed E-state index contributed by atoms with van der Waals surface area (Å²) in [6.07, 6.45) is 4.58. The fourth-order valence-corrected chi connectivity index (χ4v) is 3.76. The maximum Gasteiger partial charge on any atom is 0.139 e. The largest absolute Gasteiger partial charge is 0.321 e. The fraction of sp³-hybridized carbons (Fsp3) is 0.533.